The van der Waals surface area contributed by atoms with E-state index >= 15 is 0 Å². The molecule has 0 aromatic carbocycles. The monoisotopic (exact) mass is 141 g/mol. The molecule has 0 amide bonds. The Morgan fingerprint density at radius 1 is 1.70 bits per heavy atom. The zero-order chi connectivity index (χ0) is 7.40. The van der Waals surface area contributed by atoms with Crippen LogP contribution in [0.5, 0.6) is 0 Å². The highest BCUT2D eigenvalue weighted by molar-refractivity contribution is 4.87. The average Bonchev–Trinajstić information content (AvgIpc) is 2.31. The fraction of sp³-hybridized carbons (Fsp3) is 0.667. The Morgan fingerprint density at radius 3 is 3.00 bits per heavy atom. The Bertz CT molecular complexity index is 197. The van der Waals surface area contributed by atoms with E-state index in [-0.39, 0.29) is 6.61 Å². The number of rotatable bonds is 3. The van der Waals surface area contributed by atoms with E-state index in [0.29, 0.717) is 0 Å². The van der Waals surface area contributed by atoms with Gasteiger partial charge in [-0.3, -0.25) is 0 Å². The van der Waals surface area contributed by atoms with Gasteiger partial charge in [0.1, 0.15) is 0 Å². The maximum absolute atomic E-state index is 8.49. The van der Waals surface area contributed by atoms with Gasteiger partial charge in [0.05, 0.1) is 11.9 Å². The van der Waals surface area contributed by atoms with Gasteiger partial charge in [0.2, 0.25) is 0 Å². The minimum atomic E-state index is 0.208. The highest BCUT2D eigenvalue weighted by Gasteiger charge is 1.95. The molecule has 0 aliphatic carbocycles. The lowest BCUT2D eigenvalue weighted by Crippen LogP contribution is -2.03. The lowest BCUT2D eigenvalue weighted by atomic mass is 10.4. The van der Waals surface area contributed by atoms with Gasteiger partial charge in [0.15, 0.2) is 0 Å². The van der Waals surface area contributed by atoms with Gasteiger partial charge >= 0.3 is 0 Å². The van der Waals surface area contributed by atoms with Crippen molar-refractivity contribution in [1.29, 1.82) is 0 Å². The third-order valence-corrected chi connectivity index (χ3v) is 1.34. The van der Waals surface area contributed by atoms with Crippen LogP contribution in [0, 0.1) is 6.92 Å². The van der Waals surface area contributed by atoms with Crippen LogP contribution in [0.2, 0.25) is 0 Å². The van der Waals surface area contributed by atoms with Gasteiger partial charge in [-0.25, -0.2) is 4.68 Å². The molecule has 0 bridgehead atoms. The van der Waals surface area contributed by atoms with Crippen molar-refractivity contribution in [3.8, 4) is 0 Å². The van der Waals surface area contributed by atoms with Crippen molar-refractivity contribution >= 4 is 0 Å². The number of hydrogen-bond donors (Lipinski definition) is 1. The molecule has 4 nitrogen and oxygen atoms in total. The van der Waals surface area contributed by atoms with Crippen LogP contribution in [-0.2, 0) is 6.54 Å². The van der Waals surface area contributed by atoms with Gasteiger partial charge in [0, 0.05) is 13.2 Å². The van der Waals surface area contributed by atoms with Crippen molar-refractivity contribution in [3.05, 3.63) is 11.9 Å². The molecular formula is C6H11N3O. The van der Waals surface area contributed by atoms with Crippen LogP contribution in [0.4, 0.5) is 0 Å². The summed E-state index contributed by atoms with van der Waals surface area (Å²) in [6.07, 6.45) is 2.45. The quantitative estimate of drug-likeness (QED) is 0.643. The summed E-state index contributed by atoms with van der Waals surface area (Å²) in [5.74, 6) is 0. The zero-order valence-corrected chi connectivity index (χ0v) is 5.99. The molecule has 0 saturated carbocycles. The van der Waals surface area contributed by atoms with E-state index in [0.717, 1.165) is 18.7 Å². The van der Waals surface area contributed by atoms with Gasteiger partial charge in [-0.15, -0.1) is 5.10 Å². The predicted molar refractivity (Wildman–Crippen MR) is 36.5 cm³/mol. The van der Waals surface area contributed by atoms with Crippen LogP contribution in [-0.4, -0.2) is 26.7 Å². The average molecular weight is 141 g/mol. The molecule has 1 rings (SSSR count). The Balaban J connectivity index is 2.49. The third kappa shape index (κ3) is 1.54. The molecule has 0 saturated heterocycles. The maximum Gasteiger partial charge on any atom is 0.0722 e. The lowest BCUT2D eigenvalue weighted by molar-refractivity contribution is 0.275. The smallest absolute Gasteiger partial charge is 0.0722 e. The summed E-state index contributed by atoms with van der Waals surface area (Å²) in [6.45, 7) is 2.90. The molecule has 4 heteroatoms. The van der Waals surface area contributed by atoms with E-state index in [9.17, 15) is 0 Å². The molecule has 0 radical (unpaired) electrons. The molecule has 1 N–H and O–H groups in total. The summed E-state index contributed by atoms with van der Waals surface area (Å²) < 4.78 is 1.77. The fourth-order valence-electron chi connectivity index (χ4n) is 0.750. The lowest BCUT2D eigenvalue weighted by Gasteiger charge is -1.98. The van der Waals surface area contributed by atoms with E-state index in [4.69, 9.17) is 5.11 Å². The molecule has 1 heterocycles. The Morgan fingerprint density at radius 2 is 2.50 bits per heavy atom. The zero-order valence-electron chi connectivity index (χ0n) is 5.99. The summed E-state index contributed by atoms with van der Waals surface area (Å²) in [4.78, 5) is 0. The SMILES string of the molecule is Cc1cnnn1CCCO. The highest BCUT2D eigenvalue weighted by atomic mass is 16.3. The minimum Gasteiger partial charge on any atom is -0.396 e. The second-order valence-corrected chi connectivity index (χ2v) is 2.18. The van der Waals surface area contributed by atoms with Crippen molar-refractivity contribution in [2.24, 2.45) is 0 Å². The molecule has 1 aromatic heterocycles. The van der Waals surface area contributed by atoms with E-state index in [1.54, 1.807) is 10.9 Å². The topological polar surface area (TPSA) is 50.9 Å². The van der Waals surface area contributed by atoms with Gasteiger partial charge in [-0.1, -0.05) is 5.21 Å². The van der Waals surface area contributed by atoms with Crippen molar-refractivity contribution in [3.63, 3.8) is 0 Å². The Hall–Kier alpha value is -0.900. The molecule has 1 aromatic rings. The summed E-state index contributed by atoms with van der Waals surface area (Å²) in [5.41, 5.74) is 1.04. The van der Waals surface area contributed by atoms with E-state index < -0.39 is 0 Å². The van der Waals surface area contributed by atoms with Crippen LogP contribution in [0.25, 0.3) is 0 Å². The van der Waals surface area contributed by atoms with Crippen LogP contribution >= 0.6 is 0 Å². The van der Waals surface area contributed by atoms with Crippen molar-refractivity contribution < 1.29 is 5.11 Å². The van der Waals surface area contributed by atoms with Crippen LogP contribution in [0.15, 0.2) is 6.20 Å². The molecule has 0 fully saturated rings. The molecule has 0 aliphatic heterocycles. The molecule has 0 aliphatic rings. The first kappa shape index (κ1) is 7.21. The molecule has 0 unspecified atom stereocenters. The second kappa shape index (κ2) is 3.31. The van der Waals surface area contributed by atoms with Crippen LogP contribution in [0.1, 0.15) is 12.1 Å². The minimum absolute atomic E-state index is 0.208. The summed E-state index contributed by atoms with van der Waals surface area (Å²) in [6, 6.07) is 0. The number of aliphatic hydroxyl groups is 1. The van der Waals surface area contributed by atoms with Crippen molar-refractivity contribution in [2.75, 3.05) is 6.61 Å². The first-order valence-electron chi connectivity index (χ1n) is 3.30. The number of aromatic nitrogens is 3. The standard InChI is InChI=1S/C6H11N3O/c1-6-5-7-8-9(6)3-2-4-10/h5,10H,2-4H2,1H3. The number of nitrogens with zero attached hydrogens (tertiary/aromatic N) is 3. The van der Waals surface area contributed by atoms with E-state index in [2.05, 4.69) is 10.3 Å². The molecular weight excluding hydrogens is 130 g/mol. The number of hydrogen-bond acceptors (Lipinski definition) is 3. The van der Waals surface area contributed by atoms with Gasteiger partial charge in [-0.05, 0) is 13.3 Å². The fourth-order valence-corrected chi connectivity index (χ4v) is 0.750. The Labute approximate surface area is 59.5 Å². The van der Waals surface area contributed by atoms with Crippen LogP contribution in [0.3, 0.4) is 0 Å². The molecule has 0 spiro atoms. The van der Waals surface area contributed by atoms with E-state index in [1.165, 1.54) is 0 Å². The van der Waals surface area contributed by atoms with Crippen LogP contribution < -0.4 is 0 Å². The second-order valence-electron chi connectivity index (χ2n) is 2.18. The highest BCUT2D eigenvalue weighted by Crippen LogP contribution is 1.93. The number of aliphatic hydroxyl groups excluding tert-OH is 1. The first-order chi connectivity index (χ1) is 4.84. The predicted octanol–water partition coefficient (Wildman–Crippen LogP) is -0.0311. The molecule has 0 atom stereocenters. The number of aryl methyl sites for hydroxylation is 2. The third-order valence-electron chi connectivity index (χ3n) is 1.34. The summed E-state index contributed by atoms with van der Waals surface area (Å²) in [5, 5.41) is 16.0. The maximum atomic E-state index is 8.49. The van der Waals surface area contributed by atoms with Gasteiger partial charge < -0.3 is 5.11 Å². The van der Waals surface area contributed by atoms with Crippen molar-refractivity contribution in [1.82, 2.24) is 15.0 Å². The van der Waals surface area contributed by atoms with Gasteiger partial charge in [-0.2, -0.15) is 0 Å². The largest absolute Gasteiger partial charge is 0.396 e. The summed E-state index contributed by atoms with van der Waals surface area (Å²) in [7, 11) is 0. The first-order valence-corrected chi connectivity index (χ1v) is 3.30. The van der Waals surface area contributed by atoms with Crippen molar-refractivity contribution in [2.45, 2.75) is 19.9 Å². The van der Waals surface area contributed by atoms with Gasteiger partial charge in [0.25, 0.3) is 0 Å². The molecule has 10 heavy (non-hydrogen) atoms. The normalized spacial score (nSPS) is 10.2. The molecule has 56 valence electrons. The summed E-state index contributed by atoms with van der Waals surface area (Å²) >= 11 is 0. The Kier molecular flexibility index (Phi) is 2.39. The van der Waals surface area contributed by atoms with E-state index in [1.807, 2.05) is 6.92 Å².